The highest BCUT2D eigenvalue weighted by Gasteiger charge is 2.32. The molecule has 0 saturated carbocycles. The normalized spacial score (nSPS) is 17.2. The monoisotopic (exact) mass is 620 g/mol. The van der Waals surface area contributed by atoms with E-state index in [-0.39, 0.29) is 23.8 Å². The fraction of sp³-hybridized carbons (Fsp3) is 0.594. The van der Waals surface area contributed by atoms with Gasteiger partial charge in [0.1, 0.15) is 11.4 Å². The number of sulfonamides is 1. The highest BCUT2D eigenvalue weighted by Crippen LogP contribution is 2.31. The van der Waals surface area contributed by atoms with Crippen LogP contribution in [0.4, 0.5) is 4.79 Å². The molecule has 3 N–H and O–H groups in total. The third-order valence-electron chi connectivity index (χ3n) is 7.50. The molecule has 2 aromatic rings. The number of benzene rings is 2. The van der Waals surface area contributed by atoms with Crippen molar-refractivity contribution in [2.45, 2.75) is 95.2 Å². The van der Waals surface area contributed by atoms with Gasteiger partial charge in [-0.3, -0.25) is 0 Å². The number of aliphatic hydroxyl groups is 1. The maximum atomic E-state index is 13.6. The SMILES string of the molecule is CCC(CCC1(C)OCCO1)Cc1cc(OC)ccc1S(=O)(=O)NC[C@@H](O)[C@H](Cc1ccccc1)NC(=O)OC(C)(C)C. The number of rotatable bonds is 15. The Morgan fingerprint density at radius 2 is 1.77 bits per heavy atom. The molecule has 10 nitrogen and oxygen atoms in total. The summed E-state index contributed by atoms with van der Waals surface area (Å²) in [6, 6.07) is 13.4. The summed E-state index contributed by atoms with van der Waals surface area (Å²) in [4.78, 5) is 12.7. The van der Waals surface area contributed by atoms with Gasteiger partial charge in [0.2, 0.25) is 10.0 Å². The quantitative estimate of drug-likeness (QED) is 0.264. The highest BCUT2D eigenvalue weighted by atomic mass is 32.2. The van der Waals surface area contributed by atoms with Gasteiger partial charge in [-0.05, 0) is 82.2 Å². The van der Waals surface area contributed by atoms with Crippen LogP contribution in [0.1, 0.15) is 65.0 Å². The molecule has 1 fully saturated rings. The largest absolute Gasteiger partial charge is 0.497 e. The van der Waals surface area contributed by atoms with Gasteiger partial charge in [0.15, 0.2) is 5.79 Å². The molecule has 0 aliphatic carbocycles. The summed E-state index contributed by atoms with van der Waals surface area (Å²) < 4.78 is 52.1. The van der Waals surface area contributed by atoms with E-state index >= 15 is 0 Å². The number of methoxy groups -OCH3 is 1. The zero-order chi connectivity index (χ0) is 31.7. The lowest BCUT2D eigenvalue weighted by molar-refractivity contribution is -0.149. The Bertz CT molecular complexity index is 1270. The number of hydrogen-bond acceptors (Lipinski definition) is 8. The van der Waals surface area contributed by atoms with Gasteiger partial charge < -0.3 is 29.4 Å². The molecule has 1 aliphatic heterocycles. The third kappa shape index (κ3) is 11.1. The average Bonchev–Trinajstić information content (AvgIpc) is 3.39. The van der Waals surface area contributed by atoms with Crippen LogP contribution in [0, 0.1) is 5.92 Å². The molecule has 1 heterocycles. The summed E-state index contributed by atoms with van der Waals surface area (Å²) in [6.45, 7) is 10.1. The van der Waals surface area contributed by atoms with E-state index in [1.54, 1.807) is 40.0 Å². The number of alkyl carbamates (subject to hydrolysis) is 1. The lowest BCUT2D eigenvalue weighted by Gasteiger charge is -2.27. The van der Waals surface area contributed by atoms with E-state index in [2.05, 4.69) is 17.0 Å². The first kappa shape index (κ1) is 34.8. The number of carbonyl (C=O) groups excluding carboxylic acids is 1. The summed E-state index contributed by atoms with van der Waals surface area (Å²) in [5.74, 6) is 0.130. The molecular weight excluding hydrogens is 572 g/mol. The molecule has 1 amide bonds. The Morgan fingerprint density at radius 1 is 1.09 bits per heavy atom. The second kappa shape index (κ2) is 15.3. The number of carbonyl (C=O) groups is 1. The zero-order valence-corrected chi connectivity index (χ0v) is 27.0. The van der Waals surface area contributed by atoms with Crippen molar-refractivity contribution in [2.75, 3.05) is 26.9 Å². The first-order valence-corrected chi connectivity index (χ1v) is 16.4. The van der Waals surface area contributed by atoms with E-state index in [1.165, 1.54) is 6.07 Å². The van der Waals surface area contributed by atoms with E-state index < -0.39 is 39.7 Å². The van der Waals surface area contributed by atoms with Gasteiger partial charge in [0, 0.05) is 13.0 Å². The Balaban J connectivity index is 1.75. The lowest BCUT2D eigenvalue weighted by Crippen LogP contribution is -2.50. The third-order valence-corrected chi connectivity index (χ3v) is 9.02. The molecule has 240 valence electrons. The second-order valence-corrected chi connectivity index (χ2v) is 13.9. The predicted octanol–water partition coefficient (Wildman–Crippen LogP) is 4.58. The standard InChI is InChI=1S/C32H48N2O8S/c1-7-23(15-16-32(5)40-17-18-41-32)19-25-21-26(39-6)13-14-29(25)43(37,38)33-22-28(35)27(20-24-11-9-8-10-12-24)34-30(36)42-31(2,3)4/h8-14,21,23,27-28,33,35H,7,15-20,22H2,1-6H3,(H,34,36)/t23?,27-,28+/m0/s1. The van der Waals surface area contributed by atoms with Crippen LogP contribution in [0.15, 0.2) is 53.4 Å². The van der Waals surface area contributed by atoms with Crippen molar-refractivity contribution < 1.29 is 37.3 Å². The molecule has 3 atom stereocenters. The first-order valence-electron chi connectivity index (χ1n) is 14.9. The fourth-order valence-corrected chi connectivity index (χ4v) is 6.34. The Morgan fingerprint density at radius 3 is 2.37 bits per heavy atom. The van der Waals surface area contributed by atoms with Gasteiger partial charge in [0.25, 0.3) is 0 Å². The number of aliphatic hydroxyl groups excluding tert-OH is 1. The van der Waals surface area contributed by atoms with Crippen LogP contribution in [-0.2, 0) is 37.1 Å². The summed E-state index contributed by atoms with van der Waals surface area (Å²) in [6.07, 6.45) is 1.21. The number of hydrogen-bond donors (Lipinski definition) is 3. The maximum absolute atomic E-state index is 13.6. The van der Waals surface area contributed by atoms with Crippen molar-refractivity contribution in [1.29, 1.82) is 0 Å². The maximum Gasteiger partial charge on any atom is 0.407 e. The second-order valence-electron chi connectivity index (χ2n) is 12.2. The number of amides is 1. The van der Waals surface area contributed by atoms with Crippen LogP contribution in [0.5, 0.6) is 5.75 Å². The molecule has 3 rings (SSSR count). The molecule has 1 unspecified atom stereocenters. The Kier molecular flexibility index (Phi) is 12.4. The summed E-state index contributed by atoms with van der Waals surface area (Å²) >= 11 is 0. The molecule has 0 aromatic heterocycles. The molecule has 11 heteroatoms. The number of ether oxygens (including phenoxy) is 4. The molecule has 0 bridgehead atoms. The van der Waals surface area contributed by atoms with Gasteiger partial charge in [-0.1, -0.05) is 43.7 Å². The van der Waals surface area contributed by atoms with Crippen molar-refractivity contribution in [3.63, 3.8) is 0 Å². The molecule has 1 aliphatic rings. The van der Waals surface area contributed by atoms with Gasteiger partial charge in [-0.2, -0.15) is 0 Å². The zero-order valence-electron chi connectivity index (χ0n) is 26.2. The summed E-state index contributed by atoms with van der Waals surface area (Å²) in [5.41, 5.74) is 0.763. The van der Waals surface area contributed by atoms with Crippen molar-refractivity contribution in [3.05, 3.63) is 59.7 Å². The molecule has 1 saturated heterocycles. The Hall–Kier alpha value is -2.70. The van der Waals surface area contributed by atoms with Crippen LogP contribution in [0.25, 0.3) is 0 Å². The minimum Gasteiger partial charge on any atom is -0.497 e. The smallest absolute Gasteiger partial charge is 0.407 e. The van der Waals surface area contributed by atoms with Gasteiger partial charge in [0.05, 0.1) is 37.4 Å². The molecule has 0 radical (unpaired) electrons. The van der Waals surface area contributed by atoms with E-state index in [0.29, 0.717) is 37.4 Å². The topological polar surface area (TPSA) is 132 Å². The van der Waals surface area contributed by atoms with E-state index in [0.717, 1.165) is 18.4 Å². The van der Waals surface area contributed by atoms with E-state index in [9.17, 15) is 18.3 Å². The van der Waals surface area contributed by atoms with Crippen LogP contribution < -0.4 is 14.8 Å². The molecule has 0 spiro atoms. The van der Waals surface area contributed by atoms with Crippen LogP contribution in [0.2, 0.25) is 0 Å². The van der Waals surface area contributed by atoms with Crippen molar-refractivity contribution >= 4 is 16.1 Å². The Labute approximate surface area is 256 Å². The minimum absolute atomic E-state index is 0.123. The van der Waals surface area contributed by atoms with E-state index in [1.807, 2.05) is 37.3 Å². The van der Waals surface area contributed by atoms with Gasteiger partial charge in [-0.25, -0.2) is 17.9 Å². The fourth-order valence-electron chi connectivity index (χ4n) is 5.06. The van der Waals surface area contributed by atoms with Crippen LogP contribution >= 0.6 is 0 Å². The lowest BCUT2D eigenvalue weighted by atomic mass is 9.91. The molecular formula is C32H48N2O8S. The molecule has 43 heavy (non-hydrogen) atoms. The van der Waals surface area contributed by atoms with Crippen LogP contribution in [-0.4, -0.2) is 70.0 Å². The van der Waals surface area contributed by atoms with E-state index in [4.69, 9.17) is 18.9 Å². The average molecular weight is 621 g/mol. The highest BCUT2D eigenvalue weighted by molar-refractivity contribution is 7.89. The van der Waals surface area contributed by atoms with Gasteiger partial charge in [-0.15, -0.1) is 0 Å². The predicted molar refractivity (Wildman–Crippen MR) is 165 cm³/mol. The van der Waals surface area contributed by atoms with Crippen molar-refractivity contribution in [2.24, 2.45) is 5.92 Å². The first-order chi connectivity index (χ1) is 20.2. The van der Waals surface area contributed by atoms with Crippen molar-refractivity contribution in [1.82, 2.24) is 10.0 Å². The molecule has 2 aromatic carbocycles. The number of nitrogens with one attached hydrogen (secondary N) is 2. The summed E-state index contributed by atoms with van der Waals surface area (Å²) in [7, 11) is -2.49. The summed E-state index contributed by atoms with van der Waals surface area (Å²) in [5, 5.41) is 13.8. The van der Waals surface area contributed by atoms with Gasteiger partial charge >= 0.3 is 6.09 Å². The minimum atomic E-state index is -4.03. The van der Waals surface area contributed by atoms with Crippen LogP contribution in [0.3, 0.4) is 0 Å². The van der Waals surface area contributed by atoms with Crippen molar-refractivity contribution in [3.8, 4) is 5.75 Å².